The third kappa shape index (κ3) is 3.16. The quantitative estimate of drug-likeness (QED) is 0.924. The van der Waals surface area contributed by atoms with Crippen molar-refractivity contribution >= 4 is 0 Å². The van der Waals surface area contributed by atoms with Gasteiger partial charge in [-0.1, -0.05) is 26.2 Å². The fraction of sp³-hybridized carbons (Fsp3) is 0.824. The van der Waals surface area contributed by atoms with Crippen molar-refractivity contribution in [2.24, 2.45) is 7.05 Å². The molecule has 0 aromatic carbocycles. The predicted octanol–water partition coefficient (Wildman–Crippen LogP) is 2.35. The van der Waals surface area contributed by atoms with Crippen LogP contribution in [0, 0.1) is 0 Å². The van der Waals surface area contributed by atoms with Gasteiger partial charge in [-0.25, -0.2) is 4.98 Å². The van der Waals surface area contributed by atoms with E-state index in [2.05, 4.69) is 39.9 Å². The monoisotopic (exact) mass is 290 g/mol. The van der Waals surface area contributed by atoms with E-state index in [0.717, 1.165) is 13.0 Å². The van der Waals surface area contributed by atoms with E-state index in [1.807, 2.05) is 6.20 Å². The van der Waals surface area contributed by atoms with Crippen LogP contribution in [0.15, 0.2) is 12.4 Å². The van der Waals surface area contributed by atoms with Gasteiger partial charge < -0.3 is 9.88 Å². The number of nitrogens with one attached hydrogen (secondary N) is 1. The molecule has 21 heavy (non-hydrogen) atoms. The standard InChI is InChI=1S/C17H30N4/c1-3-15-13-21(11-7-16-18-10-12-20(16)2)17(14-19-15)8-5-4-6-9-17/h10,12,15,19H,3-9,11,13-14H2,1-2H3. The number of aromatic nitrogens is 2. The van der Waals surface area contributed by atoms with Gasteiger partial charge in [0.15, 0.2) is 0 Å². The molecule has 1 unspecified atom stereocenters. The fourth-order valence-electron chi connectivity index (χ4n) is 4.15. The van der Waals surface area contributed by atoms with Crippen LogP contribution in [0.3, 0.4) is 0 Å². The number of hydrogen-bond donors (Lipinski definition) is 1. The van der Waals surface area contributed by atoms with Crippen molar-refractivity contribution in [3.05, 3.63) is 18.2 Å². The Labute approximate surface area is 128 Å². The van der Waals surface area contributed by atoms with Gasteiger partial charge in [-0.05, 0) is 19.3 Å². The summed E-state index contributed by atoms with van der Waals surface area (Å²) in [6.45, 7) is 5.85. The Balaban J connectivity index is 1.69. The van der Waals surface area contributed by atoms with Crippen LogP contribution in [0.5, 0.6) is 0 Å². The number of piperazine rings is 1. The zero-order chi connectivity index (χ0) is 14.7. The molecule has 1 aliphatic heterocycles. The van der Waals surface area contributed by atoms with Gasteiger partial charge in [0.2, 0.25) is 0 Å². The van der Waals surface area contributed by atoms with Gasteiger partial charge in [0, 0.05) is 57.1 Å². The summed E-state index contributed by atoms with van der Waals surface area (Å²) in [5.74, 6) is 1.22. The second-order valence-corrected chi connectivity index (χ2v) is 6.92. The van der Waals surface area contributed by atoms with Gasteiger partial charge in [-0.15, -0.1) is 0 Å². The van der Waals surface area contributed by atoms with Crippen LogP contribution < -0.4 is 5.32 Å². The first-order chi connectivity index (χ1) is 10.2. The van der Waals surface area contributed by atoms with E-state index in [9.17, 15) is 0 Å². The summed E-state index contributed by atoms with van der Waals surface area (Å²) < 4.78 is 2.16. The first-order valence-electron chi connectivity index (χ1n) is 8.68. The number of aryl methyl sites for hydroxylation is 1. The summed E-state index contributed by atoms with van der Waals surface area (Å²) in [5, 5.41) is 3.80. The minimum Gasteiger partial charge on any atom is -0.338 e. The van der Waals surface area contributed by atoms with E-state index in [0.29, 0.717) is 11.6 Å². The SMILES string of the molecule is CCC1CN(CCc2nccn2C)C2(CCCCC2)CN1. The molecule has 2 heterocycles. The molecule has 1 aromatic rings. The summed E-state index contributed by atoms with van der Waals surface area (Å²) in [4.78, 5) is 7.29. The van der Waals surface area contributed by atoms with Crippen molar-refractivity contribution in [1.82, 2.24) is 19.8 Å². The van der Waals surface area contributed by atoms with E-state index in [1.165, 1.54) is 57.4 Å². The van der Waals surface area contributed by atoms with E-state index in [-0.39, 0.29) is 0 Å². The Morgan fingerprint density at radius 3 is 2.81 bits per heavy atom. The van der Waals surface area contributed by atoms with E-state index in [4.69, 9.17) is 0 Å². The lowest BCUT2D eigenvalue weighted by Crippen LogP contribution is -2.65. The van der Waals surface area contributed by atoms with Crippen LogP contribution in [0.25, 0.3) is 0 Å². The average molecular weight is 290 g/mol. The van der Waals surface area contributed by atoms with E-state index >= 15 is 0 Å². The molecular weight excluding hydrogens is 260 g/mol. The van der Waals surface area contributed by atoms with Crippen molar-refractivity contribution in [3.63, 3.8) is 0 Å². The third-order valence-electron chi connectivity index (χ3n) is 5.63. The predicted molar refractivity (Wildman–Crippen MR) is 86.4 cm³/mol. The van der Waals surface area contributed by atoms with Crippen LogP contribution in [-0.4, -0.2) is 45.7 Å². The second-order valence-electron chi connectivity index (χ2n) is 6.92. The molecule has 118 valence electrons. The smallest absolute Gasteiger partial charge is 0.109 e. The highest BCUT2D eigenvalue weighted by atomic mass is 15.3. The Morgan fingerprint density at radius 2 is 2.14 bits per heavy atom. The molecule has 1 spiro atoms. The highest BCUT2D eigenvalue weighted by Gasteiger charge is 2.41. The van der Waals surface area contributed by atoms with Crippen molar-refractivity contribution in [3.8, 4) is 0 Å². The van der Waals surface area contributed by atoms with Gasteiger partial charge in [-0.2, -0.15) is 0 Å². The lowest BCUT2D eigenvalue weighted by molar-refractivity contribution is 0.00975. The molecule has 2 aliphatic rings. The molecule has 1 saturated heterocycles. The molecule has 0 amide bonds. The molecule has 1 aliphatic carbocycles. The zero-order valence-corrected chi connectivity index (χ0v) is 13.6. The largest absolute Gasteiger partial charge is 0.338 e. The van der Waals surface area contributed by atoms with Crippen molar-refractivity contribution in [2.75, 3.05) is 19.6 Å². The second kappa shape index (κ2) is 6.49. The minimum atomic E-state index is 0.426. The van der Waals surface area contributed by atoms with Crippen molar-refractivity contribution in [1.29, 1.82) is 0 Å². The molecule has 1 saturated carbocycles. The van der Waals surface area contributed by atoms with Gasteiger partial charge in [0.05, 0.1) is 0 Å². The van der Waals surface area contributed by atoms with Gasteiger partial charge in [0.1, 0.15) is 5.82 Å². The average Bonchev–Trinajstić information content (AvgIpc) is 2.93. The molecule has 0 bridgehead atoms. The molecule has 3 rings (SSSR count). The highest BCUT2D eigenvalue weighted by Crippen LogP contribution is 2.35. The van der Waals surface area contributed by atoms with Crippen LogP contribution in [-0.2, 0) is 13.5 Å². The molecular formula is C17H30N4. The fourth-order valence-corrected chi connectivity index (χ4v) is 4.15. The summed E-state index contributed by atoms with van der Waals surface area (Å²) in [5.41, 5.74) is 0.426. The van der Waals surface area contributed by atoms with Crippen LogP contribution in [0.1, 0.15) is 51.3 Å². The van der Waals surface area contributed by atoms with Crippen molar-refractivity contribution < 1.29 is 0 Å². The minimum absolute atomic E-state index is 0.426. The summed E-state index contributed by atoms with van der Waals surface area (Å²) >= 11 is 0. The zero-order valence-electron chi connectivity index (χ0n) is 13.6. The Morgan fingerprint density at radius 1 is 1.33 bits per heavy atom. The first-order valence-corrected chi connectivity index (χ1v) is 8.68. The number of rotatable bonds is 4. The molecule has 0 radical (unpaired) electrons. The maximum atomic E-state index is 4.49. The first kappa shape index (κ1) is 15.0. The normalized spacial score (nSPS) is 26.3. The molecule has 4 nitrogen and oxygen atoms in total. The lowest BCUT2D eigenvalue weighted by Gasteiger charge is -2.52. The number of hydrogen-bond acceptors (Lipinski definition) is 3. The molecule has 1 atom stereocenters. The molecule has 1 N–H and O–H groups in total. The van der Waals surface area contributed by atoms with Crippen molar-refractivity contribution in [2.45, 2.75) is 63.5 Å². The van der Waals surface area contributed by atoms with Gasteiger partial charge in [-0.3, -0.25) is 4.90 Å². The van der Waals surface area contributed by atoms with E-state index in [1.54, 1.807) is 0 Å². The summed E-state index contributed by atoms with van der Waals surface area (Å²) in [6, 6.07) is 0.666. The summed E-state index contributed by atoms with van der Waals surface area (Å²) in [7, 11) is 2.10. The van der Waals surface area contributed by atoms with Crippen LogP contribution in [0.4, 0.5) is 0 Å². The molecule has 4 heteroatoms. The lowest BCUT2D eigenvalue weighted by atomic mass is 9.78. The van der Waals surface area contributed by atoms with Gasteiger partial charge in [0.25, 0.3) is 0 Å². The van der Waals surface area contributed by atoms with E-state index < -0.39 is 0 Å². The number of imidazole rings is 1. The van der Waals surface area contributed by atoms with Crippen LogP contribution >= 0.6 is 0 Å². The third-order valence-corrected chi connectivity index (χ3v) is 5.63. The Hall–Kier alpha value is -0.870. The Kier molecular flexibility index (Phi) is 4.65. The number of nitrogens with zero attached hydrogens (tertiary/aromatic N) is 3. The summed E-state index contributed by atoms with van der Waals surface area (Å²) in [6.07, 6.45) is 13.2. The molecule has 2 fully saturated rings. The maximum absolute atomic E-state index is 4.49. The maximum Gasteiger partial charge on any atom is 0.109 e. The van der Waals surface area contributed by atoms with Gasteiger partial charge >= 0.3 is 0 Å². The topological polar surface area (TPSA) is 33.1 Å². The molecule has 1 aromatic heterocycles. The Bertz CT molecular complexity index is 447. The van der Waals surface area contributed by atoms with Crippen LogP contribution in [0.2, 0.25) is 0 Å². The highest BCUT2D eigenvalue weighted by molar-refractivity contribution is 5.02.